The van der Waals surface area contributed by atoms with Crippen molar-refractivity contribution in [3.63, 3.8) is 0 Å². The van der Waals surface area contributed by atoms with Crippen LogP contribution in [0.4, 0.5) is 4.79 Å². The summed E-state index contributed by atoms with van der Waals surface area (Å²) in [5, 5.41) is 0.483. The number of halogens is 2. The van der Waals surface area contributed by atoms with Crippen molar-refractivity contribution < 1.29 is 23.9 Å². The molecular weight excluding hydrogens is 535 g/mol. The summed E-state index contributed by atoms with van der Waals surface area (Å²) in [7, 11) is 0. The fourth-order valence-electron chi connectivity index (χ4n) is 4.15. The Bertz CT molecular complexity index is 1190. The van der Waals surface area contributed by atoms with Gasteiger partial charge in [0.05, 0.1) is 16.5 Å². The molecule has 2 aromatic rings. The van der Waals surface area contributed by atoms with E-state index in [0.29, 0.717) is 46.8 Å². The second kappa shape index (κ2) is 12.7. The minimum atomic E-state index is -0.490. The van der Waals surface area contributed by atoms with Crippen LogP contribution in [0.3, 0.4) is 0 Å². The maximum atomic E-state index is 13.0. The summed E-state index contributed by atoms with van der Waals surface area (Å²) in [6.45, 7) is 3.57. The lowest BCUT2D eigenvalue weighted by molar-refractivity contribution is -0.135. The van der Waals surface area contributed by atoms with Crippen LogP contribution in [0.15, 0.2) is 41.3 Å². The Balaban J connectivity index is 1.49. The molecule has 2 aliphatic heterocycles. The number of ether oxygens (including phenoxy) is 2. The molecule has 2 aliphatic rings. The Hall–Kier alpha value is -2.68. The molecule has 0 atom stereocenters. The predicted octanol–water partition coefficient (Wildman–Crippen LogP) is 6.41. The number of likely N-dealkylation sites (tertiary alicyclic amines) is 1. The highest BCUT2D eigenvalue weighted by Gasteiger charge is 2.37. The van der Waals surface area contributed by atoms with E-state index < -0.39 is 11.1 Å². The van der Waals surface area contributed by atoms with Gasteiger partial charge in [-0.25, -0.2) is 0 Å². The third-order valence-corrected chi connectivity index (χ3v) is 7.49. The summed E-state index contributed by atoms with van der Waals surface area (Å²) in [6, 6.07) is 10.6. The van der Waals surface area contributed by atoms with Gasteiger partial charge in [0.1, 0.15) is 13.2 Å². The minimum Gasteiger partial charge on any atom is -0.490 e. The average molecular weight is 564 g/mol. The van der Waals surface area contributed by atoms with Gasteiger partial charge in [-0.1, -0.05) is 48.2 Å². The monoisotopic (exact) mass is 562 g/mol. The first-order chi connectivity index (χ1) is 17.9. The minimum absolute atomic E-state index is 0.200. The molecule has 4 rings (SSSR count). The highest BCUT2D eigenvalue weighted by atomic mass is 35.5. The van der Waals surface area contributed by atoms with Crippen molar-refractivity contribution >= 4 is 58.1 Å². The van der Waals surface area contributed by atoms with Crippen molar-refractivity contribution in [3.05, 3.63) is 62.5 Å². The molecule has 2 fully saturated rings. The summed E-state index contributed by atoms with van der Waals surface area (Å²) < 4.78 is 11.7. The lowest BCUT2D eigenvalue weighted by Gasteiger charge is -2.22. The number of carbonyl (C=O) groups excluding carboxylic acids is 3. The van der Waals surface area contributed by atoms with Gasteiger partial charge < -0.3 is 14.4 Å². The number of carbonyl (C=O) groups is 3. The van der Waals surface area contributed by atoms with Crippen LogP contribution in [0.5, 0.6) is 11.5 Å². The molecule has 196 valence electrons. The first-order valence-corrected chi connectivity index (χ1v) is 13.8. The predicted molar refractivity (Wildman–Crippen MR) is 146 cm³/mol. The number of amides is 3. The molecule has 0 aliphatic carbocycles. The van der Waals surface area contributed by atoms with Crippen LogP contribution in [0.1, 0.15) is 43.7 Å². The highest BCUT2D eigenvalue weighted by Crippen LogP contribution is 2.39. The maximum Gasteiger partial charge on any atom is 0.294 e. The molecule has 0 bridgehead atoms. The third kappa shape index (κ3) is 7.00. The highest BCUT2D eigenvalue weighted by molar-refractivity contribution is 8.18. The van der Waals surface area contributed by atoms with E-state index in [-0.39, 0.29) is 24.0 Å². The topological polar surface area (TPSA) is 76.2 Å². The fourth-order valence-corrected chi connectivity index (χ4v) is 5.39. The van der Waals surface area contributed by atoms with Crippen molar-refractivity contribution in [1.29, 1.82) is 0 Å². The van der Waals surface area contributed by atoms with Gasteiger partial charge in [-0.2, -0.15) is 0 Å². The van der Waals surface area contributed by atoms with Crippen LogP contribution in [0.2, 0.25) is 10.0 Å². The summed E-state index contributed by atoms with van der Waals surface area (Å²) in [5.74, 6) is 0.113. The second-order valence-electron chi connectivity index (χ2n) is 8.74. The lowest BCUT2D eigenvalue weighted by atomic mass is 10.1. The normalized spacial score (nSPS) is 17.3. The molecule has 7 nitrogen and oxygen atoms in total. The van der Waals surface area contributed by atoms with Gasteiger partial charge in [-0.05, 0) is 73.0 Å². The van der Waals surface area contributed by atoms with Gasteiger partial charge >= 0.3 is 0 Å². The number of benzene rings is 2. The fraction of sp³-hybridized carbons (Fsp3) is 0.370. The SMILES string of the molecule is CCOc1cc(C=C2SC(=O)N(CC(=O)N3CCCCCC3)C2=O)cc(Cl)c1OCc1ccc(Cl)cc1. The zero-order valence-corrected chi connectivity index (χ0v) is 22.8. The Kier molecular flexibility index (Phi) is 9.40. The number of imide groups is 1. The standard InChI is InChI=1S/C27H28Cl2N2O5S/c1-2-35-22-14-19(13-21(29)25(22)36-17-18-7-9-20(28)10-8-18)15-23-26(33)31(27(34)37-23)16-24(32)30-11-5-3-4-6-12-30/h7-10,13-15H,2-6,11-12,16-17H2,1H3. The number of rotatable bonds is 8. The van der Waals surface area contributed by atoms with Gasteiger partial charge in [0.15, 0.2) is 11.5 Å². The van der Waals surface area contributed by atoms with Gasteiger partial charge in [0.25, 0.3) is 11.1 Å². The molecule has 37 heavy (non-hydrogen) atoms. The zero-order valence-electron chi connectivity index (χ0n) is 20.5. The van der Waals surface area contributed by atoms with E-state index in [1.54, 1.807) is 35.2 Å². The van der Waals surface area contributed by atoms with E-state index in [1.165, 1.54) is 0 Å². The smallest absolute Gasteiger partial charge is 0.294 e. The van der Waals surface area contributed by atoms with Crippen molar-refractivity contribution in [2.24, 2.45) is 0 Å². The molecule has 2 saturated heterocycles. The van der Waals surface area contributed by atoms with Crippen LogP contribution in [-0.4, -0.2) is 53.1 Å². The maximum absolute atomic E-state index is 13.0. The first kappa shape index (κ1) is 27.4. The third-order valence-electron chi connectivity index (χ3n) is 6.05. The summed E-state index contributed by atoms with van der Waals surface area (Å²) >= 11 is 13.3. The molecular formula is C27H28Cl2N2O5S. The van der Waals surface area contributed by atoms with Crippen molar-refractivity contribution in [3.8, 4) is 11.5 Å². The van der Waals surface area contributed by atoms with Crippen LogP contribution >= 0.6 is 35.0 Å². The Morgan fingerprint density at radius 2 is 1.73 bits per heavy atom. The van der Waals surface area contributed by atoms with Crippen LogP contribution < -0.4 is 9.47 Å². The lowest BCUT2D eigenvalue weighted by Crippen LogP contribution is -2.42. The van der Waals surface area contributed by atoms with E-state index in [9.17, 15) is 14.4 Å². The van der Waals surface area contributed by atoms with E-state index in [2.05, 4.69) is 0 Å². The van der Waals surface area contributed by atoms with Gasteiger partial charge in [0.2, 0.25) is 5.91 Å². The largest absolute Gasteiger partial charge is 0.490 e. The van der Waals surface area contributed by atoms with E-state index in [0.717, 1.165) is 47.9 Å². The molecule has 0 N–H and O–H groups in total. The average Bonchev–Trinajstić information content (AvgIpc) is 3.05. The molecule has 2 heterocycles. The van der Waals surface area contributed by atoms with Crippen molar-refractivity contribution in [1.82, 2.24) is 9.80 Å². The molecule has 0 radical (unpaired) electrons. The van der Waals surface area contributed by atoms with Crippen molar-refractivity contribution in [2.75, 3.05) is 26.2 Å². The summed E-state index contributed by atoms with van der Waals surface area (Å²) in [4.78, 5) is 41.3. The molecule has 0 unspecified atom stereocenters. The first-order valence-electron chi connectivity index (χ1n) is 12.2. The molecule has 0 saturated carbocycles. The molecule has 10 heteroatoms. The number of nitrogens with zero attached hydrogens (tertiary/aromatic N) is 2. The molecule has 3 amide bonds. The molecule has 2 aromatic carbocycles. The van der Waals surface area contributed by atoms with E-state index >= 15 is 0 Å². The number of hydrogen-bond acceptors (Lipinski definition) is 6. The Morgan fingerprint density at radius 1 is 1.03 bits per heavy atom. The van der Waals surface area contributed by atoms with Crippen LogP contribution in [0.25, 0.3) is 6.08 Å². The van der Waals surface area contributed by atoms with Crippen molar-refractivity contribution in [2.45, 2.75) is 39.2 Å². The molecule has 0 aromatic heterocycles. The van der Waals surface area contributed by atoms with Gasteiger partial charge in [0, 0.05) is 18.1 Å². The van der Waals surface area contributed by atoms with Crippen LogP contribution in [-0.2, 0) is 16.2 Å². The van der Waals surface area contributed by atoms with E-state index in [4.69, 9.17) is 32.7 Å². The Labute approximate surface area is 230 Å². The van der Waals surface area contributed by atoms with Gasteiger partial charge in [-0.15, -0.1) is 0 Å². The second-order valence-corrected chi connectivity index (χ2v) is 10.6. The quantitative estimate of drug-likeness (QED) is 0.346. The molecule has 0 spiro atoms. The van der Waals surface area contributed by atoms with Crippen LogP contribution in [0, 0.1) is 0 Å². The van der Waals surface area contributed by atoms with E-state index in [1.807, 2.05) is 19.1 Å². The zero-order chi connectivity index (χ0) is 26.4. The summed E-state index contributed by atoms with van der Waals surface area (Å²) in [6.07, 6.45) is 5.64. The van der Waals surface area contributed by atoms with Gasteiger partial charge in [-0.3, -0.25) is 19.3 Å². The number of hydrogen-bond donors (Lipinski definition) is 0. The summed E-state index contributed by atoms with van der Waals surface area (Å²) in [5.41, 5.74) is 1.49. The Morgan fingerprint density at radius 3 is 2.41 bits per heavy atom. The number of thioether (sulfide) groups is 1.